The molecule has 1 unspecified atom stereocenters. The standard InChI is InChI=1S/C21H15N5O6/c27-21-22-9-10-26(21,23-12-14-5-8-19(32-14)25(30)31)20-17-11-13-3-1-2-4-15(13)16(17)6-7-18(20)24(28)29/h1-8,12H,9-11H2/p+1. The molecule has 5 rings (SSSR count). The molecule has 1 aliphatic heterocycles. The SMILES string of the molecule is O=C1NCC[N+]1(N=Cc1ccc([N+](=O)[O-])o1)c1c([N+](=O)[O-])ccc2c1Cc1ccccc1-2. The van der Waals surface area contributed by atoms with Gasteiger partial charge in [-0.25, -0.2) is 4.79 Å². The Morgan fingerprint density at radius 2 is 1.84 bits per heavy atom. The predicted octanol–water partition coefficient (Wildman–Crippen LogP) is 3.73. The van der Waals surface area contributed by atoms with Crippen molar-refractivity contribution in [3.63, 3.8) is 0 Å². The van der Waals surface area contributed by atoms with Gasteiger partial charge in [-0.15, -0.1) is 0 Å². The lowest BCUT2D eigenvalue weighted by Crippen LogP contribution is -2.48. The summed E-state index contributed by atoms with van der Waals surface area (Å²) in [6, 6.07) is 12.8. The maximum Gasteiger partial charge on any atom is 0.448 e. The zero-order valence-corrected chi connectivity index (χ0v) is 16.6. The molecule has 11 nitrogen and oxygen atoms in total. The van der Waals surface area contributed by atoms with Gasteiger partial charge < -0.3 is 4.42 Å². The molecule has 1 aromatic heterocycles. The van der Waals surface area contributed by atoms with E-state index >= 15 is 0 Å². The minimum absolute atomic E-state index is 0.0624. The van der Waals surface area contributed by atoms with Crippen LogP contribution in [0.4, 0.5) is 22.1 Å². The van der Waals surface area contributed by atoms with E-state index in [0.717, 1.165) is 16.7 Å². The number of fused-ring (bicyclic) bond motifs is 3. The molecule has 1 fully saturated rings. The molecular formula is C21H16N5O6+. The van der Waals surface area contributed by atoms with Crippen LogP contribution >= 0.6 is 0 Å². The molecule has 160 valence electrons. The number of nitro benzene ring substituents is 1. The van der Waals surface area contributed by atoms with E-state index in [1.807, 2.05) is 24.3 Å². The van der Waals surface area contributed by atoms with E-state index in [0.29, 0.717) is 12.0 Å². The summed E-state index contributed by atoms with van der Waals surface area (Å²) in [7, 11) is 0. The molecule has 0 radical (unpaired) electrons. The molecule has 2 heterocycles. The zero-order chi connectivity index (χ0) is 22.5. The first-order valence-corrected chi connectivity index (χ1v) is 9.76. The second kappa shape index (κ2) is 7.10. The van der Waals surface area contributed by atoms with E-state index in [4.69, 9.17) is 4.42 Å². The number of urea groups is 1. The van der Waals surface area contributed by atoms with Gasteiger partial charge in [0, 0.05) is 18.1 Å². The molecule has 1 saturated heterocycles. The molecule has 0 bridgehead atoms. The number of hydrogen-bond donors (Lipinski definition) is 1. The summed E-state index contributed by atoms with van der Waals surface area (Å²) in [4.78, 5) is 34.7. The average Bonchev–Trinajstić information content (AvgIpc) is 3.48. The van der Waals surface area contributed by atoms with E-state index in [2.05, 4.69) is 10.4 Å². The molecule has 1 aliphatic carbocycles. The third-order valence-electron chi connectivity index (χ3n) is 5.73. The molecule has 32 heavy (non-hydrogen) atoms. The normalized spacial score (nSPS) is 19.1. The van der Waals surface area contributed by atoms with Crippen LogP contribution in [-0.4, -0.2) is 35.2 Å². The monoisotopic (exact) mass is 434 g/mol. The highest BCUT2D eigenvalue weighted by Crippen LogP contribution is 2.48. The fourth-order valence-electron chi connectivity index (χ4n) is 4.35. The van der Waals surface area contributed by atoms with E-state index in [9.17, 15) is 25.0 Å². The Bertz CT molecular complexity index is 1330. The largest absolute Gasteiger partial charge is 0.448 e. The number of quaternary nitrogens is 1. The fraction of sp³-hybridized carbons (Fsp3) is 0.143. The molecule has 1 atom stereocenters. The number of furan rings is 1. The van der Waals surface area contributed by atoms with E-state index < -0.39 is 26.4 Å². The quantitative estimate of drug-likeness (QED) is 0.220. The molecule has 0 saturated carbocycles. The van der Waals surface area contributed by atoms with Crippen molar-refractivity contribution in [3.8, 4) is 11.1 Å². The van der Waals surface area contributed by atoms with Gasteiger partial charge >= 0.3 is 17.6 Å². The molecular weight excluding hydrogens is 418 g/mol. The molecule has 2 aliphatic rings. The van der Waals surface area contributed by atoms with Crippen LogP contribution in [0.3, 0.4) is 0 Å². The van der Waals surface area contributed by atoms with Gasteiger partial charge in [-0.1, -0.05) is 34.0 Å². The number of rotatable bonds is 5. The number of benzene rings is 2. The Balaban J connectivity index is 1.70. The Hall–Kier alpha value is -4.38. The summed E-state index contributed by atoms with van der Waals surface area (Å²) < 4.78 is 4.44. The molecule has 3 aromatic rings. The molecule has 1 N–H and O–H groups in total. The van der Waals surface area contributed by atoms with Crippen molar-refractivity contribution in [2.75, 3.05) is 13.1 Å². The summed E-state index contributed by atoms with van der Waals surface area (Å²) >= 11 is 0. The number of nitro groups is 2. The average molecular weight is 434 g/mol. The minimum atomic E-state index is -0.684. The van der Waals surface area contributed by atoms with Crippen molar-refractivity contribution in [1.29, 1.82) is 0 Å². The van der Waals surface area contributed by atoms with Gasteiger partial charge in [0.1, 0.15) is 17.7 Å². The summed E-state index contributed by atoms with van der Waals surface area (Å²) in [5.41, 5.74) is 3.43. The van der Waals surface area contributed by atoms with E-state index in [1.54, 1.807) is 6.07 Å². The first-order valence-electron chi connectivity index (χ1n) is 9.76. The second-order valence-electron chi connectivity index (χ2n) is 7.45. The summed E-state index contributed by atoms with van der Waals surface area (Å²) in [6.07, 6.45) is 1.63. The predicted molar refractivity (Wildman–Crippen MR) is 114 cm³/mol. The van der Waals surface area contributed by atoms with E-state index in [-0.39, 0.29) is 30.2 Å². The molecule has 0 spiro atoms. The number of nitrogens with zero attached hydrogens (tertiary/aromatic N) is 4. The number of nitrogens with one attached hydrogen (secondary N) is 1. The Labute approximate surface area is 180 Å². The smallest absolute Gasteiger partial charge is 0.399 e. The maximum absolute atomic E-state index is 13.1. The third kappa shape index (κ3) is 2.87. The van der Waals surface area contributed by atoms with Gasteiger partial charge in [-0.2, -0.15) is 0 Å². The van der Waals surface area contributed by atoms with E-state index in [1.165, 1.54) is 24.4 Å². The second-order valence-corrected chi connectivity index (χ2v) is 7.45. The van der Waals surface area contributed by atoms with Crippen LogP contribution in [0.2, 0.25) is 0 Å². The number of amides is 2. The Morgan fingerprint density at radius 3 is 2.53 bits per heavy atom. The van der Waals surface area contributed by atoms with Crippen molar-refractivity contribution in [2.24, 2.45) is 5.10 Å². The van der Waals surface area contributed by atoms with Crippen molar-refractivity contribution in [2.45, 2.75) is 6.42 Å². The van der Waals surface area contributed by atoms with Gasteiger partial charge in [0.25, 0.3) is 5.69 Å². The maximum atomic E-state index is 13.1. The summed E-state index contributed by atoms with van der Waals surface area (Å²) in [5, 5.41) is 30.0. The van der Waals surface area contributed by atoms with Gasteiger partial charge in [-0.05, 0) is 28.8 Å². The van der Waals surface area contributed by atoms with Crippen molar-refractivity contribution < 1.29 is 19.1 Å². The van der Waals surface area contributed by atoms with Crippen molar-refractivity contribution >= 4 is 29.5 Å². The highest BCUT2D eigenvalue weighted by Gasteiger charge is 2.52. The lowest BCUT2D eigenvalue weighted by atomic mass is 10.0. The van der Waals surface area contributed by atoms with Crippen molar-refractivity contribution in [3.05, 3.63) is 85.6 Å². The van der Waals surface area contributed by atoms with Crippen molar-refractivity contribution in [1.82, 2.24) is 9.91 Å². The number of carbonyl (C=O) groups excluding carboxylic acids is 1. The van der Waals surface area contributed by atoms with Crippen LogP contribution in [0.1, 0.15) is 16.9 Å². The van der Waals surface area contributed by atoms with Crippen LogP contribution in [0.15, 0.2) is 58.0 Å². The first kappa shape index (κ1) is 19.6. The summed E-state index contributed by atoms with van der Waals surface area (Å²) in [6.45, 7) is 0.411. The zero-order valence-electron chi connectivity index (χ0n) is 16.6. The van der Waals surface area contributed by atoms with Gasteiger partial charge in [0.15, 0.2) is 5.76 Å². The highest BCUT2D eigenvalue weighted by molar-refractivity contribution is 5.97. The van der Waals surface area contributed by atoms with Crippen LogP contribution in [0.25, 0.3) is 11.1 Å². The van der Waals surface area contributed by atoms with Crippen LogP contribution in [0, 0.1) is 20.2 Å². The fourth-order valence-corrected chi connectivity index (χ4v) is 4.35. The minimum Gasteiger partial charge on any atom is -0.399 e. The van der Waals surface area contributed by atoms with Crippen LogP contribution < -0.4 is 9.91 Å². The molecule has 2 amide bonds. The lowest BCUT2D eigenvalue weighted by molar-refractivity contribution is -0.402. The van der Waals surface area contributed by atoms with Gasteiger partial charge in [-0.3, -0.25) is 25.5 Å². The molecule has 11 heteroatoms. The van der Waals surface area contributed by atoms with Gasteiger partial charge in [0.2, 0.25) is 0 Å². The van der Waals surface area contributed by atoms with Gasteiger partial charge in [0.05, 0.1) is 17.5 Å². The number of hydrogen-bond acceptors (Lipinski definition) is 7. The third-order valence-corrected chi connectivity index (χ3v) is 5.73. The number of carbonyl (C=O) groups is 1. The molecule has 2 aromatic carbocycles. The lowest BCUT2D eigenvalue weighted by Gasteiger charge is -2.23. The van der Waals surface area contributed by atoms with Crippen LogP contribution in [0.5, 0.6) is 0 Å². The highest BCUT2D eigenvalue weighted by atomic mass is 16.6. The topological polar surface area (TPSA) is 141 Å². The first-order chi connectivity index (χ1) is 15.4. The summed E-state index contributed by atoms with van der Waals surface area (Å²) in [5.74, 6) is -0.404. The Morgan fingerprint density at radius 1 is 1.03 bits per heavy atom. The van der Waals surface area contributed by atoms with Crippen LogP contribution in [-0.2, 0) is 6.42 Å². The Kier molecular flexibility index (Phi) is 4.34.